The van der Waals surface area contributed by atoms with Gasteiger partial charge in [0.2, 0.25) is 11.6 Å². The molecule has 0 amide bonds. The maximum absolute atomic E-state index is 12.5. The average Bonchev–Trinajstić information content (AvgIpc) is 2.61. The largest absolute Gasteiger partial charge is 0.416 e. The van der Waals surface area contributed by atoms with Crippen LogP contribution in [-0.2, 0) is 6.18 Å². The molecule has 0 saturated heterocycles. The van der Waals surface area contributed by atoms with E-state index < -0.39 is 16.7 Å². The minimum absolute atomic E-state index is 0.0444. The predicted octanol–water partition coefficient (Wildman–Crippen LogP) is 3.53. The van der Waals surface area contributed by atoms with Crippen LogP contribution < -0.4 is 0 Å². The van der Waals surface area contributed by atoms with Gasteiger partial charge in [0.25, 0.3) is 5.69 Å². The van der Waals surface area contributed by atoms with E-state index in [4.69, 9.17) is 0 Å². The first-order valence-electron chi connectivity index (χ1n) is 6.84. The highest BCUT2D eigenvalue weighted by molar-refractivity contribution is 5.59. The van der Waals surface area contributed by atoms with E-state index in [9.17, 15) is 23.3 Å². The maximum atomic E-state index is 12.5. The lowest BCUT2D eigenvalue weighted by molar-refractivity contribution is -0.384. The van der Waals surface area contributed by atoms with E-state index in [1.807, 2.05) is 0 Å². The number of alkyl halides is 3. The van der Waals surface area contributed by atoms with Gasteiger partial charge in [-0.05, 0) is 12.1 Å². The normalized spacial score (nSPS) is 11.3. The molecule has 2 aromatic carbocycles. The number of rotatable bonds is 3. The molecule has 7 nitrogen and oxygen atoms in total. The quantitative estimate of drug-likeness (QED) is 0.531. The van der Waals surface area contributed by atoms with Crippen molar-refractivity contribution >= 4 is 5.69 Å². The number of nitro groups is 1. The summed E-state index contributed by atoms with van der Waals surface area (Å²) in [5.41, 5.74) is -0.245. The van der Waals surface area contributed by atoms with Crippen LogP contribution in [0.25, 0.3) is 22.8 Å². The van der Waals surface area contributed by atoms with Crippen molar-refractivity contribution in [1.82, 2.24) is 20.4 Å². The summed E-state index contributed by atoms with van der Waals surface area (Å²) >= 11 is 0. The van der Waals surface area contributed by atoms with E-state index in [0.29, 0.717) is 11.1 Å². The van der Waals surface area contributed by atoms with Gasteiger partial charge >= 0.3 is 6.18 Å². The Kier molecular flexibility index (Phi) is 4.09. The van der Waals surface area contributed by atoms with Crippen LogP contribution in [0.1, 0.15) is 5.56 Å². The van der Waals surface area contributed by atoms with E-state index in [2.05, 4.69) is 20.4 Å². The van der Waals surface area contributed by atoms with E-state index in [-0.39, 0.29) is 17.3 Å². The molecule has 0 aliphatic carbocycles. The van der Waals surface area contributed by atoms with Gasteiger partial charge < -0.3 is 0 Å². The fraction of sp³-hybridized carbons (Fsp3) is 0.0667. The van der Waals surface area contributed by atoms with Crippen LogP contribution in [0.5, 0.6) is 0 Å². The molecule has 0 spiro atoms. The van der Waals surface area contributed by atoms with Crippen molar-refractivity contribution in [3.8, 4) is 22.8 Å². The van der Waals surface area contributed by atoms with E-state index in [1.54, 1.807) is 6.07 Å². The molecule has 126 valence electrons. The van der Waals surface area contributed by atoms with Gasteiger partial charge in [0.05, 0.1) is 10.5 Å². The first-order chi connectivity index (χ1) is 11.8. The fourth-order valence-corrected chi connectivity index (χ4v) is 2.03. The van der Waals surface area contributed by atoms with Crippen molar-refractivity contribution in [3.63, 3.8) is 0 Å². The summed E-state index contributed by atoms with van der Waals surface area (Å²) in [7, 11) is 0. The summed E-state index contributed by atoms with van der Waals surface area (Å²) in [6.07, 6.45) is -4.43. The minimum atomic E-state index is -4.43. The molecule has 0 atom stereocenters. The van der Waals surface area contributed by atoms with Gasteiger partial charge in [-0.15, -0.1) is 20.4 Å². The third-order valence-electron chi connectivity index (χ3n) is 3.26. The molecule has 10 heteroatoms. The minimum Gasteiger partial charge on any atom is -0.258 e. The number of hydrogen-bond donors (Lipinski definition) is 0. The number of non-ortho nitro benzene ring substituents is 1. The van der Waals surface area contributed by atoms with Crippen molar-refractivity contribution in [1.29, 1.82) is 0 Å². The Hall–Kier alpha value is -3.43. The van der Waals surface area contributed by atoms with Crippen LogP contribution in [-0.4, -0.2) is 25.3 Å². The molecule has 1 aromatic heterocycles. The van der Waals surface area contributed by atoms with Crippen LogP contribution in [0, 0.1) is 10.1 Å². The SMILES string of the molecule is O=[N+]([O-])c1cccc(-c2nnc(-c3ccc(C(F)(F)F)cc3)nn2)c1. The van der Waals surface area contributed by atoms with E-state index in [1.165, 1.54) is 30.3 Å². The average molecular weight is 347 g/mol. The van der Waals surface area contributed by atoms with Crippen LogP contribution in [0.15, 0.2) is 48.5 Å². The second-order valence-corrected chi connectivity index (χ2v) is 4.93. The first-order valence-corrected chi connectivity index (χ1v) is 6.84. The third-order valence-corrected chi connectivity index (χ3v) is 3.26. The number of halogens is 3. The summed E-state index contributed by atoms with van der Waals surface area (Å²) in [6, 6.07) is 9.88. The Morgan fingerprint density at radius 2 is 1.40 bits per heavy atom. The van der Waals surface area contributed by atoms with Crippen LogP contribution >= 0.6 is 0 Å². The number of benzene rings is 2. The molecule has 0 radical (unpaired) electrons. The number of nitro benzene ring substituents is 1. The highest BCUT2D eigenvalue weighted by Crippen LogP contribution is 2.30. The van der Waals surface area contributed by atoms with Gasteiger partial charge in [-0.25, -0.2) is 0 Å². The fourth-order valence-electron chi connectivity index (χ4n) is 2.03. The second-order valence-electron chi connectivity index (χ2n) is 4.93. The Morgan fingerprint density at radius 1 is 0.840 bits per heavy atom. The smallest absolute Gasteiger partial charge is 0.258 e. The van der Waals surface area contributed by atoms with Gasteiger partial charge in [0.1, 0.15) is 0 Å². The Morgan fingerprint density at radius 3 is 1.92 bits per heavy atom. The molecule has 0 fully saturated rings. The zero-order chi connectivity index (χ0) is 18.0. The highest BCUT2D eigenvalue weighted by atomic mass is 19.4. The summed E-state index contributed by atoms with van der Waals surface area (Å²) in [4.78, 5) is 10.2. The molecule has 1 heterocycles. The summed E-state index contributed by atoms with van der Waals surface area (Å²) in [5, 5.41) is 26.1. The lowest BCUT2D eigenvalue weighted by Crippen LogP contribution is -2.04. The zero-order valence-corrected chi connectivity index (χ0v) is 12.3. The number of hydrogen-bond acceptors (Lipinski definition) is 6. The highest BCUT2D eigenvalue weighted by Gasteiger charge is 2.30. The van der Waals surface area contributed by atoms with Crippen molar-refractivity contribution in [2.24, 2.45) is 0 Å². The number of aromatic nitrogens is 4. The predicted molar refractivity (Wildman–Crippen MR) is 80.2 cm³/mol. The summed E-state index contributed by atoms with van der Waals surface area (Å²) < 4.78 is 37.6. The monoisotopic (exact) mass is 347 g/mol. The van der Waals surface area contributed by atoms with Crippen LogP contribution in [0.2, 0.25) is 0 Å². The topological polar surface area (TPSA) is 94.7 Å². The Bertz CT molecular complexity index is 912. The van der Waals surface area contributed by atoms with Gasteiger partial charge in [-0.3, -0.25) is 10.1 Å². The van der Waals surface area contributed by atoms with Crippen LogP contribution in [0.4, 0.5) is 18.9 Å². The molecule has 0 aliphatic rings. The van der Waals surface area contributed by atoms with Gasteiger partial charge in [-0.1, -0.05) is 24.3 Å². The molecular formula is C15H8F3N5O2. The van der Waals surface area contributed by atoms with Crippen LogP contribution in [0.3, 0.4) is 0 Å². The van der Waals surface area contributed by atoms with Crippen molar-refractivity contribution < 1.29 is 18.1 Å². The molecule has 0 aliphatic heterocycles. The lowest BCUT2D eigenvalue weighted by atomic mass is 10.1. The molecule has 0 saturated carbocycles. The molecule has 3 rings (SSSR count). The molecule has 25 heavy (non-hydrogen) atoms. The van der Waals surface area contributed by atoms with Gasteiger partial charge in [0.15, 0.2) is 0 Å². The van der Waals surface area contributed by atoms with Gasteiger partial charge in [0, 0.05) is 23.3 Å². The molecule has 0 bridgehead atoms. The lowest BCUT2D eigenvalue weighted by Gasteiger charge is -2.06. The van der Waals surface area contributed by atoms with Crippen molar-refractivity contribution in [3.05, 3.63) is 64.2 Å². The van der Waals surface area contributed by atoms with Crippen molar-refractivity contribution in [2.75, 3.05) is 0 Å². The molecule has 0 unspecified atom stereocenters. The maximum Gasteiger partial charge on any atom is 0.416 e. The molecule has 0 N–H and O–H groups in total. The van der Waals surface area contributed by atoms with E-state index in [0.717, 1.165) is 12.1 Å². The van der Waals surface area contributed by atoms with Crippen molar-refractivity contribution in [2.45, 2.75) is 6.18 Å². The summed E-state index contributed by atoms with van der Waals surface area (Å²) in [5.74, 6) is 0.113. The van der Waals surface area contributed by atoms with E-state index >= 15 is 0 Å². The third kappa shape index (κ3) is 3.57. The summed E-state index contributed by atoms with van der Waals surface area (Å²) in [6.45, 7) is 0. The number of nitrogens with zero attached hydrogens (tertiary/aromatic N) is 5. The first kappa shape index (κ1) is 16.4. The zero-order valence-electron chi connectivity index (χ0n) is 12.3. The van der Waals surface area contributed by atoms with Gasteiger partial charge in [-0.2, -0.15) is 13.2 Å². The standard InChI is InChI=1S/C15H8F3N5O2/c16-15(17,18)11-6-4-9(5-7-11)13-19-21-14(22-20-13)10-2-1-3-12(8-10)23(24)25/h1-8H. The molecule has 3 aromatic rings. The molecular weight excluding hydrogens is 339 g/mol. The Labute approximate surface area is 138 Å². The Balaban J connectivity index is 1.87. The second kappa shape index (κ2) is 6.23.